The summed E-state index contributed by atoms with van der Waals surface area (Å²) in [5.41, 5.74) is 1.37. The Hall–Kier alpha value is -2.14. The van der Waals surface area contributed by atoms with Gasteiger partial charge in [-0.1, -0.05) is 17.7 Å². The van der Waals surface area contributed by atoms with Crippen LogP contribution in [0.5, 0.6) is 5.88 Å². The Labute approximate surface area is 128 Å². The van der Waals surface area contributed by atoms with Crippen molar-refractivity contribution in [1.82, 2.24) is 9.97 Å². The second-order valence-corrected chi connectivity index (χ2v) is 5.26. The van der Waals surface area contributed by atoms with Gasteiger partial charge in [0.1, 0.15) is 10.8 Å². The Morgan fingerprint density at radius 1 is 1.29 bits per heavy atom. The lowest BCUT2D eigenvalue weighted by atomic mass is 10.2. The van der Waals surface area contributed by atoms with Crippen LogP contribution in [0.2, 0.25) is 5.02 Å². The van der Waals surface area contributed by atoms with Crippen molar-refractivity contribution in [1.29, 1.82) is 0 Å². The summed E-state index contributed by atoms with van der Waals surface area (Å²) in [6.07, 6.45) is 3.07. The van der Waals surface area contributed by atoms with Gasteiger partial charge in [-0.05, 0) is 38.5 Å². The number of nitrogens with one attached hydrogen (secondary N) is 1. The molecule has 21 heavy (non-hydrogen) atoms. The number of halogens is 1. The minimum atomic E-state index is -0.322. The Bertz CT molecular complexity index is 642. The highest BCUT2D eigenvalue weighted by atomic mass is 35.5. The smallest absolute Gasteiger partial charge is 0.258 e. The number of hydrogen-bond donors (Lipinski definition) is 1. The number of amides is 1. The zero-order valence-electron chi connectivity index (χ0n) is 12.1. The van der Waals surface area contributed by atoms with E-state index < -0.39 is 0 Å². The number of nitrogens with zero attached hydrogens (tertiary/aromatic N) is 2. The Balaban J connectivity index is 2.12. The molecule has 2 heterocycles. The van der Waals surface area contributed by atoms with Crippen LogP contribution >= 0.6 is 11.6 Å². The first-order valence-electron chi connectivity index (χ1n) is 6.52. The van der Waals surface area contributed by atoms with E-state index >= 15 is 0 Å². The van der Waals surface area contributed by atoms with Crippen molar-refractivity contribution in [2.45, 2.75) is 26.9 Å². The van der Waals surface area contributed by atoms with Gasteiger partial charge in [-0.2, -0.15) is 0 Å². The fourth-order valence-electron chi connectivity index (χ4n) is 1.59. The van der Waals surface area contributed by atoms with Crippen LogP contribution in [-0.2, 0) is 0 Å². The molecule has 0 bridgehead atoms. The summed E-state index contributed by atoms with van der Waals surface area (Å²) in [5.74, 6) is 0.470. The zero-order chi connectivity index (χ0) is 15.4. The standard InChI is InChI=1S/C15H16ClN3O2/c1-9(2)21-15-12(16)6-11(8-18-15)14(20)19-13-5-4-10(3)7-17-13/h4-9H,1-3H3,(H,17,19,20). The van der Waals surface area contributed by atoms with Crippen molar-refractivity contribution in [3.8, 4) is 5.88 Å². The monoisotopic (exact) mass is 305 g/mol. The number of rotatable bonds is 4. The van der Waals surface area contributed by atoms with Crippen LogP contribution in [0, 0.1) is 6.92 Å². The van der Waals surface area contributed by atoms with E-state index in [-0.39, 0.29) is 12.0 Å². The molecule has 6 heteroatoms. The Morgan fingerprint density at radius 3 is 2.62 bits per heavy atom. The summed E-state index contributed by atoms with van der Waals surface area (Å²) in [4.78, 5) is 20.3. The molecule has 0 saturated heterocycles. The van der Waals surface area contributed by atoms with Crippen molar-refractivity contribution >= 4 is 23.3 Å². The fraction of sp³-hybridized carbons (Fsp3) is 0.267. The minimum Gasteiger partial charge on any atom is -0.474 e. The minimum absolute atomic E-state index is 0.0357. The molecule has 2 rings (SSSR count). The van der Waals surface area contributed by atoms with Gasteiger partial charge in [0.05, 0.1) is 11.7 Å². The molecule has 0 saturated carbocycles. The molecule has 110 valence electrons. The maximum atomic E-state index is 12.1. The van der Waals surface area contributed by atoms with Gasteiger partial charge in [0.25, 0.3) is 5.91 Å². The number of carbonyl (C=O) groups is 1. The van der Waals surface area contributed by atoms with Crippen molar-refractivity contribution in [3.63, 3.8) is 0 Å². The van der Waals surface area contributed by atoms with Crippen LogP contribution in [0.3, 0.4) is 0 Å². The van der Waals surface area contributed by atoms with Crippen LogP contribution in [0.15, 0.2) is 30.6 Å². The molecule has 0 aliphatic heterocycles. The van der Waals surface area contributed by atoms with Crippen LogP contribution in [0.25, 0.3) is 0 Å². The van der Waals surface area contributed by atoms with Gasteiger partial charge in [-0.3, -0.25) is 4.79 Å². The summed E-state index contributed by atoms with van der Waals surface area (Å²) >= 11 is 6.06. The number of hydrogen-bond acceptors (Lipinski definition) is 4. The number of pyridine rings is 2. The highest BCUT2D eigenvalue weighted by Crippen LogP contribution is 2.23. The fourth-order valence-corrected chi connectivity index (χ4v) is 1.80. The van der Waals surface area contributed by atoms with E-state index in [4.69, 9.17) is 16.3 Å². The van der Waals surface area contributed by atoms with E-state index in [2.05, 4.69) is 15.3 Å². The van der Waals surface area contributed by atoms with Gasteiger partial charge in [0, 0.05) is 12.4 Å². The highest BCUT2D eigenvalue weighted by Gasteiger charge is 2.12. The lowest BCUT2D eigenvalue weighted by Gasteiger charge is -2.11. The molecule has 0 radical (unpaired) electrons. The van der Waals surface area contributed by atoms with E-state index in [9.17, 15) is 4.79 Å². The predicted octanol–water partition coefficient (Wildman–Crippen LogP) is 3.48. The SMILES string of the molecule is Cc1ccc(NC(=O)c2cnc(OC(C)C)c(Cl)c2)nc1. The summed E-state index contributed by atoms with van der Waals surface area (Å²) in [5, 5.41) is 2.98. The third-order valence-electron chi connectivity index (χ3n) is 2.57. The molecule has 5 nitrogen and oxygen atoms in total. The third-order valence-corrected chi connectivity index (χ3v) is 2.84. The number of carbonyl (C=O) groups excluding carboxylic acids is 1. The van der Waals surface area contributed by atoms with E-state index in [1.165, 1.54) is 12.3 Å². The van der Waals surface area contributed by atoms with Crippen molar-refractivity contribution in [3.05, 3.63) is 46.7 Å². The molecule has 0 spiro atoms. The second kappa shape index (κ2) is 6.54. The summed E-state index contributed by atoms with van der Waals surface area (Å²) in [6, 6.07) is 5.13. The van der Waals surface area contributed by atoms with E-state index in [1.54, 1.807) is 12.3 Å². The lowest BCUT2D eigenvalue weighted by Crippen LogP contribution is -2.14. The topological polar surface area (TPSA) is 64.1 Å². The van der Waals surface area contributed by atoms with Crippen LogP contribution in [0.1, 0.15) is 29.8 Å². The van der Waals surface area contributed by atoms with Gasteiger partial charge >= 0.3 is 0 Å². The summed E-state index contributed by atoms with van der Waals surface area (Å²) < 4.78 is 5.42. The molecule has 1 N–H and O–H groups in total. The van der Waals surface area contributed by atoms with Crippen LogP contribution in [-0.4, -0.2) is 22.0 Å². The zero-order valence-corrected chi connectivity index (χ0v) is 12.8. The molecule has 0 aliphatic rings. The average Bonchev–Trinajstić information content (AvgIpc) is 2.43. The van der Waals surface area contributed by atoms with E-state index in [1.807, 2.05) is 26.8 Å². The van der Waals surface area contributed by atoms with E-state index in [0.717, 1.165) is 5.56 Å². The first-order valence-corrected chi connectivity index (χ1v) is 6.89. The first-order chi connectivity index (χ1) is 9.95. The van der Waals surface area contributed by atoms with Gasteiger partial charge in [-0.15, -0.1) is 0 Å². The molecule has 2 aromatic rings. The van der Waals surface area contributed by atoms with Crippen molar-refractivity contribution < 1.29 is 9.53 Å². The molecule has 0 unspecified atom stereocenters. The molecule has 2 aromatic heterocycles. The van der Waals surface area contributed by atoms with Crippen LogP contribution < -0.4 is 10.1 Å². The quantitative estimate of drug-likeness (QED) is 0.939. The molecule has 1 amide bonds. The van der Waals surface area contributed by atoms with E-state index in [0.29, 0.717) is 22.3 Å². The van der Waals surface area contributed by atoms with Crippen molar-refractivity contribution in [2.75, 3.05) is 5.32 Å². The van der Waals surface area contributed by atoms with Crippen molar-refractivity contribution in [2.24, 2.45) is 0 Å². The molecule has 0 fully saturated rings. The average molecular weight is 306 g/mol. The summed E-state index contributed by atoms with van der Waals surface area (Å²) in [6.45, 7) is 5.68. The van der Waals surface area contributed by atoms with Gasteiger partial charge in [0.2, 0.25) is 5.88 Å². The third kappa shape index (κ3) is 4.16. The summed E-state index contributed by atoms with van der Waals surface area (Å²) in [7, 11) is 0. The maximum absolute atomic E-state index is 12.1. The van der Waals surface area contributed by atoms with Gasteiger partial charge < -0.3 is 10.1 Å². The first kappa shape index (κ1) is 15.3. The van der Waals surface area contributed by atoms with Gasteiger partial charge in [0.15, 0.2) is 0 Å². The Kier molecular flexibility index (Phi) is 4.75. The molecule has 0 aliphatic carbocycles. The number of ether oxygens (including phenoxy) is 1. The lowest BCUT2D eigenvalue weighted by molar-refractivity contribution is 0.102. The van der Waals surface area contributed by atoms with Gasteiger partial charge in [-0.25, -0.2) is 9.97 Å². The number of aryl methyl sites for hydroxylation is 1. The second-order valence-electron chi connectivity index (χ2n) is 4.85. The molecule has 0 aromatic carbocycles. The normalized spacial score (nSPS) is 10.5. The largest absolute Gasteiger partial charge is 0.474 e. The van der Waals surface area contributed by atoms with Crippen LogP contribution in [0.4, 0.5) is 5.82 Å². The number of aromatic nitrogens is 2. The maximum Gasteiger partial charge on any atom is 0.258 e. The highest BCUT2D eigenvalue weighted by molar-refractivity contribution is 6.32. The molecular weight excluding hydrogens is 290 g/mol. The molecular formula is C15H16ClN3O2. The Morgan fingerprint density at radius 2 is 2.05 bits per heavy atom. The number of anilines is 1. The molecule has 0 atom stereocenters. The predicted molar refractivity (Wildman–Crippen MR) is 81.9 cm³/mol.